The van der Waals surface area contributed by atoms with Gasteiger partial charge in [-0.1, -0.05) is 70.4 Å². The van der Waals surface area contributed by atoms with Crippen molar-refractivity contribution in [2.45, 2.75) is 13.5 Å². The van der Waals surface area contributed by atoms with E-state index >= 15 is 0 Å². The first-order chi connectivity index (χ1) is 14.0. The molecule has 8 heteroatoms. The molecule has 0 radical (unpaired) electrons. The zero-order chi connectivity index (χ0) is 21.2. The topological polar surface area (TPSA) is 69.5 Å². The lowest BCUT2D eigenvalue weighted by molar-refractivity contribution is -0.132. The highest BCUT2D eigenvalue weighted by atomic mass is 35.5. The molecule has 2 aromatic carbocycles. The van der Waals surface area contributed by atoms with Gasteiger partial charge in [-0.25, -0.2) is 4.79 Å². The Hall–Kier alpha value is -3.19. The number of oxime groups is 2. The van der Waals surface area contributed by atoms with Crippen LogP contribution in [0.5, 0.6) is 0 Å². The number of ether oxygens (including phenoxy) is 1. The van der Waals surface area contributed by atoms with Gasteiger partial charge < -0.3 is 14.4 Å². The molecule has 0 aliphatic heterocycles. The summed E-state index contributed by atoms with van der Waals surface area (Å²) in [6, 6.07) is 14.1. The molecule has 0 saturated carbocycles. The average molecular weight is 419 g/mol. The number of nitrogens with zero attached hydrogens (tertiary/aromatic N) is 2. The summed E-state index contributed by atoms with van der Waals surface area (Å²) in [5, 5.41) is 7.08. The molecule has 0 saturated heterocycles. The predicted molar refractivity (Wildman–Crippen MR) is 110 cm³/mol. The second-order valence-electron chi connectivity index (χ2n) is 5.78. The van der Waals surface area contributed by atoms with Gasteiger partial charge in [-0.2, -0.15) is 4.39 Å². The molecule has 0 aliphatic rings. The Bertz CT molecular complexity index is 936. The summed E-state index contributed by atoms with van der Waals surface area (Å²) in [6.45, 7) is 1.89. The minimum Gasteiger partial charge on any atom is -0.464 e. The largest absolute Gasteiger partial charge is 0.464 e. The van der Waals surface area contributed by atoms with E-state index in [0.717, 1.165) is 5.56 Å². The van der Waals surface area contributed by atoms with Gasteiger partial charge in [0.25, 0.3) is 0 Å². The summed E-state index contributed by atoms with van der Waals surface area (Å²) >= 11 is 5.23. The second-order valence-corrected chi connectivity index (χ2v) is 6.14. The van der Waals surface area contributed by atoms with E-state index in [1.54, 1.807) is 49.4 Å². The van der Waals surface area contributed by atoms with Crippen molar-refractivity contribution in [1.29, 1.82) is 0 Å². The Balaban J connectivity index is 2.15. The third-order valence-corrected chi connectivity index (χ3v) is 3.97. The zero-order valence-electron chi connectivity index (χ0n) is 16.2. The van der Waals surface area contributed by atoms with Gasteiger partial charge in [0.1, 0.15) is 13.7 Å². The van der Waals surface area contributed by atoms with E-state index in [4.69, 9.17) is 26.0 Å². The number of carbonyl (C=O) groups is 1. The lowest BCUT2D eigenvalue weighted by Gasteiger charge is -2.10. The summed E-state index contributed by atoms with van der Waals surface area (Å²) in [7, 11) is 2.61. The fraction of sp³-hybridized carbons (Fsp3) is 0.190. The van der Waals surface area contributed by atoms with E-state index in [1.165, 1.54) is 20.3 Å². The quantitative estimate of drug-likeness (QED) is 0.355. The molecule has 0 bridgehead atoms. The van der Waals surface area contributed by atoms with Crippen LogP contribution in [0.4, 0.5) is 4.39 Å². The molecule has 0 aliphatic carbocycles. The first-order valence-corrected chi connectivity index (χ1v) is 8.91. The highest BCUT2D eigenvalue weighted by Gasteiger charge is 2.19. The van der Waals surface area contributed by atoms with Crippen LogP contribution in [0.2, 0.25) is 0 Å². The van der Waals surface area contributed by atoms with Crippen molar-refractivity contribution < 1.29 is 23.6 Å². The number of methoxy groups -OCH3 is 1. The van der Waals surface area contributed by atoms with Crippen LogP contribution in [0.15, 0.2) is 64.1 Å². The molecular formula is C21H20ClFN2O4. The molecule has 0 heterocycles. The van der Waals surface area contributed by atoms with E-state index in [9.17, 15) is 9.18 Å². The van der Waals surface area contributed by atoms with Crippen LogP contribution in [0.3, 0.4) is 0 Å². The van der Waals surface area contributed by atoms with Crippen LogP contribution >= 0.6 is 11.6 Å². The molecule has 0 unspecified atom stereocenters. The minimum absolute atomic E-state index is 0.0325. The molecule has 6 nitrogen and oxygen atoms in total. The summed E-state index contributed by atoms with van der Waals surface area (Å²) < 4.78 is 17.5. The monoisotopic (exact) mass is 418 g/mol. The number of hydrogen-bond acceptors (Lipinski definition) is 6. The van der Waals surface area contributed by atoms with Gasteiger partial charge in [0.2, 0.25) is 0 Å². The van der Waals surface area contributed by atoms with Crippen molar-refractivity contribution in [3.05, 3.63) is 76.1 Å². The zero-order valence-corrected chi connectivity index (χ0v) is 16.9. The highest BCUT2D eigenvalue weighted by Crippen LogP contribution is 2.15. The van der Waals surface area contributed by atoms with Gasteiger partial charge in [0.05, 0.1) is 12.8 Å². The first kappa shape index (κ1) is 22.1. The van der Waals surface area contributed by atoms with Crippen molar-refractivity contribution >= 4 is 35.1 Å². The smallest absolute Gasteiger partial charge is 0.360 e. The summed E-state index contributed by atoms with van der Waals surface area (Å²) in [5.74, 6) is -0.624. The molecule has 29 heavy (non-hydrogen) atoms. The number of rotatable bonds is 8. The van der Waals surface area contributed by atoms with Gasteiger partial charge >= 0.3 is 5.97 Å². The van der Waals surface area contributed by atoms with Crippen molar-refractivity contribution in [3.8, 4) is 0 Å². The Labute approximate surface area is 173 Å². The fourth-order valence-electron chi connectivity index (χ4n) is 2.46. The van der Waals surface area contributed by atoms with E-state index in [2.05, 4.69) is 10.3 Å². The van der Waals surface area contributed by atoms with E-state index < -0.39 is 11.3 Å². The van der Waals surface area contributed by atoms with Crippen LogP contribution in [0.25, 0.3) is 6.08 Å². The molecular weight excluding hydrogens is 399 g/mol. The molecule has 152 valence electrons. The number of esters is 1. The molecule has 0 N–H and O–H groups in total. The van der Waals surface area contributed by atoms with E-state index in [-0.39, 0.29) is 12.3 Å². The van der Waals surface area contributed by atoms with Crippen molar-refractivity contribution in [2.24, 2.45) is 10.3 Å². The molecule has 0 aromatic heterocycles. The van der Waals surface area contributed by atoms with E-state index in [0.29, 0.717) is 22.4 Å². The summed E-state index contributed by atoms with van der Waals surface area (Å²) in [5.41, 5.74) is 3.31. The van der Waals surface area contributed by atoms with Crippen molar-refractivity contribution in [1.82, 2.24) is 0 Å². The van der Waals surface area contributed by atoms with Gasteiger partial charge in [-0.05, 0) is 24.1 Å². The highest BCUT2D eigenvalue weighted by molar-refractivity contribution is 6.43. The van der Waals surface area contributed by atoms with Crippen LogP contribution in [0.1, 0.15) is 29.2 Å². The number of halogens is 2. The van der Waals surface area contributed by atoms with Crippen LogP contribution < -0.4 is 0 Å². The third-order valence-electron chi connectivity index (χ3n) is 3.86. The lowest BCUT2D eigenvalue weighted by atomic mass is 10.0. The maximum Gasteiger partial charge on any atom is 0.360 e. The van der Waals surface area contributed by atoms with Crippen LogP contribution in [0, 0.1) is 0 Å². The molecule has 0 spiro atoms. The second kappa shape index (κ2) is 11.0. The van der Waals surface area contributed by atoms with Crippen molar-refractivity contribution in [2.75, 3.05) is 14.2 Å². The molecule has 0 amide bonds. The maximum absolute atomic E-state index is 12.7. The average Bonchev–Trinajstić information content (AvgIpc) is 2.72. The summed E-state index contributed by atoms with van der Waals surface area (Å²) in [6.07, 6.45) is 1.21. The van der Waals surface area contributed by atoms with Crippen LogP contribution in [-0.4, -0.2) is 31.6 Å². The molecule has 2 rings (SSSR count). The number of benzene rings is 2. The third kappa shape index (κ3) is 6.43. The molecule has 2 aromatic rings. The fourth-order valence-corrected chi connectivity index (χ4v) is 2.59. The Kier molecular flexibility index (Phi) is 8.36. The minimum atomic E-state index is -0.784. The van der Waals surface area contributed by atoms with E-state index in [1.807, 2.05) is 6.07 Å². The van der Waals surface area contributed by atoms with Crippen molar-refractivity contribution in [3.63, 3.8) is 0 Å². The predicted octanol–water partition coefficient (Wildman–Crippen LogP) is 4.66. The van der Waals surface area contributed by atoms with Gasteiger partial charge in [-0.3, -0.25) is 0 Å². The van der Waals surface area contributed by atoms with Gasteiger partial charge in [0.15, 0.2) is 11.0 Å². The number of carbonyl (C=O) groups excluding carboxylic acids is 1. The standard InChI is InChI=1S/C21H20ClFN2O4/c1-14(16-10-8-15(9-11-16)12-19(22)23)24-29-13-17-6-4-5-7-18(17)20(25-28-3)21(26)27-2/h4-12H,13H2,1-3H3. The Morgan fingerprint density at radius 2 is 1.79 bits per heavy atom. The first-order valence-electron chi connectivity index (χ1n) is 8.53. The van der Waals surface area contributed by atoms with Crippen LogP contribution in [-0.2, 0) is 25.8 Å². The number of hydrogen-bond donors (Lipinski definition) is 0. The lowest BCUT2D eigenvalue weighted by Crippen LogP contribution is -2.19. The summed E-state index contributed by atoms with van der Waals surface area (Å²) in [4.78, 5) is 22.2. The van der Waals surface area contributed by atoms with Gasteiger partial charge in [-0.15, -0.1) is 0 Å². The normalized spacial score (nSPS) is 12.5. The molecule has 0 fully saturated rings. The Morgan fingerprint density at radius 1 is 1.10 bits per heavy atom. The van der Waals surface area contributed by atoms with Gasteiger partial charge in [0, 0.05) is 11.1 Å². The Morgan fingerprint density at radius 3 is 2.41 bits per heavy atom. The molecule has 0 atom stereocenters. The SMILES string of the molecule is CON=C(C(=O)OC)c1ccccc1CON=C(C)c1ccc(C=C(F)Cl)cc1. The maximum atomic E-state index is 12.7.